The number of halogens is 2. The molecule has 0 spiro atoms. The Morgan fingerprint density at radius 2 is 1.88 bits per heavy atom. The molecule has 1 fully saturated rings. The van der Waals surface area contributed by atoms with Crippen molar-refractivity contribution in [1.82, 2.24) is 10.6 Å². The van der Waals surface area contributed by atoms with Gasteiger partial charge in [0.2, 0.25) is 0 Å². The fourth-order valence-corrected chi connectivity index (χ4v) is 2.54. The highest BCUT2D eigenvalue weighted by Gasteiger charge is 2.23. The van der Waals surface area contributed by atoms with Crippen LogP contribution in [0.25, 0.3) is 0 Å². The Balaban J connectivity index is 1.47. The fraction of sp³-hybridized carbons (Fsp3) is 0.350. The summed E-state index contributed by atoms with van der Waals surface area (Å²) in [4.78, 5) is 11.6. The van der Waals surface area contributed by atoms with Gasteiger partial charge >= 0.3 is 0 Å². The lowest BCUT2D eigenvalue weighted by molar-refractivity contribution is -0.123. The maximum absolute atomic E-state index is 13.2. The van der Waals surface area contributed by atoms with Crippen LogP contribution in [0.4, 0.5) is 8.78 Å². The summed E-state index contributed by atoms with van der Waals surface area (Å²) in [5.41, 5.74) is 1.71. The molecule has 1 aliphatic rings. The Morgan fingerprint density at radius 3 is 2.54 bits per heavy atom. The number of hydrogen-bond donors (Lipinski definition) is 2. The predicted octanol–water partition coefficient (Wildman–Crippen LogP) is 3.47. The van der Waals surface area contributed by atoms with Gasteiger partial charge in [-0.3, -0.25) is 4.79 Å². The van der Waals surface area contributed by atoms with Gasteiger partial charge in [0.15, 0.2) is 18.2 Å². The molecule has 1 amide bonds. The number of amides is 1. The quantitative estimate of drug-likeness (QED) is 0.758. The average Bonchev–Trinajstić information content (AvgIpc) is 3.45. The predicted molar refractivity (Wildman–Crippen MR) is 94.7 cm³/mol. The van der Waals surface area contributed by atoms with Crippen LogP contribution in [0, 0.1) is 11.6 Å². The maximum Gasteiger partial charge on any atom is 0.258 e. The molecule has 0 heterocycles. The Hall–Kier alpha value is -2.47. The summed E-state index contributed by atoms with van der Waals surface area (Å²) in [6, 6.07) is 11.7. The van der Waals surface area contributed by atoms with Gasteiger partial charge in [-0.15, -0.1) is 0 Å². The van der Waals surface area contributed by atoms with Gasteiger partial charge in [-0.1, -0.05) is 18.2 Å². The lowest BCUT2D eigenvalue weighted by atomic mass is 10.1. The molecule has 2 N–H and O–H groups in total. The van der Waals surface area contributed by atoms with Crippen LogP contribution in [0.1, 0.15) is 36.9 Å². The van der Waals surface area contributed by atoms with Crippen LogP contribution in [0.2, 0.25) is 0 Å². The molecule has 1 unspecified atom stereocenters. The van der Waals surface area contributed by atoms with E-state index in [4.69, 9.17) is 4.74 Å². The van der Waals surface area contributed by atoms with Crippen molar-refractivity contribution in [2.24, 2.45) is 0 Å². The molecule has 1 atom stereocenters. The van der Waals surface area contributed by atoms with Crippen molar-refractivity contribution in [1.29, 1.82) is 0 Å². The zero-order valence-electron chi connectivity index (χ0n) is 14.6. The highest BCUT2D eigenvalue weighted by atomic mass is 19.2. The Labute approximate surface area is 151 Å². The van der Waals surface area contributed by atoms with E-state index < -0.39 is 11.6 Å². The molecule has 6 heteroatoms. The number of nitrogens with one attached hydrogen (secondary N) is 2. The minimum absolute atomic E-state index is 0.0137. The van der Waals surface area contributed by atoms with E-state index in [1.165, 1.54) is 6.07 Å². The second-order valence-corrected chi connectivity index (χ2v) is 6.55. The third-order valence-electron chi connectivity index (χ3n) is 4.29. The molecule has 0 saturated heterocycles. The summed E-state index contributed by atoms with van der Waals surface area (Å²) in [6.07, 6.45) is 2.10. The zero-order valence-corrected chi connectivity index (χ0v) is 14.6. The van der Waals surface area contributed by atoms with Crippen LogP contribution < -0.4 is 15.4 Å². The average molecular weight is 360 g/mol. The first-order valence-corrected chi connectivity index (χ1v) is 8.70. The van der Waals surface area contributed by atoms with Crippen molar-refractivity contribution in [2.75, 3.05) is 6.61 Å². The maximum atomic E-state index is 13.2. The molecule has 1 saturated carbocycles. The van der Waals surface area contributed by atoms with Crippen molar-refractivity contribution in [2.45, 2.75) is 38.4 Å². The number of rotatable bonds is 8. The van der Waals surface area contributed by atoms with Gasteiger partial charge < -0.3 is 15.4 Å². The standard InChI is InChI=1S/C20H22F2N2O2/c1-13(23-11-14-2-9-18(21)19(22)10-14)15-3-7-17(8-4-15)26-12-20(25)24-16-5-6-16/h2-4,7-10,13,16,23H,5-6,11-12H2,1H3,(H,24,25). The van der Waals surface area contributed by atoms with Crippen molar-refractivity contribution < 1.29 is 18.3 Å². The van der Waals surface area contributed by atoms with Crippen molar-refractivity contribution in [3.8, 4) is 5.75 Å². The van der Waals surface area contributed by atoms with Gasteiger partial charge in [-0.25, -0.2) is 8.78 Å². The van der Waals surface area contributed by atoms with Gasteiger partial charge in [0, 0.05) is 18.6 Å². The smallest absolute Gasteiger partial charge is 0.258 e. The van der Waals surface area contributed by atoms with Crippen molar-refractivity contribution in [3.63, 3.8) is 0 Å². The number of carbonyl (C=O) groups excluding carboxylic acids is 1. The molecule has 2 aromatic rings. The summed E-state index contributed by atoms with van der Waals surface area (Å²) in [6.45, 7) is 2.43. The topological polar surface area (TPSA) is 50.4 Å². The van der Waals surface area contributed by atoms with Gasteiger partial charge in [-0.2, -0.15) is 0 Å². The summed E-state index contributed by atoms with van der Waals surface area (Å²) < 4.78 is 31.6. The number of hydrogen-bond acceptors (Lipinski definition) is 3. The third-order valence-corrected chi connectivity index (χ3v) is 4.29. The first-order chi connectivity index (χ1) is 12.5. The van der Waals surface area contributed by atoms with E-state index in [0.717, 1.165) is 24.5 Å². The number of ether oxygens (including phenoxy) is 1. The van der Waals surface area contributed by atoms with Crippen molar-refractivity contribution >= 4 is 5.91 Å². The molecule has 4 nitrogen and oxygen atoms in total. The molecule has 2 aromatic carbocycles. The second kappa shape index (κ2) is 8.27. The molecule has 0 bridgehead atoms. The highest BCUT2D eigenvalue weighted by molar-refractivity contribution is 5.78. The van der Waals surface area contributed by atoms with Crippen LogP contribution in [-0.2, 0) is 11.3 Å². The van der Waals surface area contributed by atoms with E-state index in [1.807, 2.05) is 31.2 Å². The summed E-state index contributed by atoms with van der Waals surface area (Å²) in [7, 11) is 0. The van der Waals surface area contributed by atoms with E-state index in [-0.39, 0.29) is 18.6 Å². The minimum Gasteiger partial charge on any atom is -0.484 e. The number of carbonyl (C=O) groups is 1. The molecule has 26 heavy (non-hydrogen) atoms. The van der Waals surface area contributed by atoms with E-state index in [0.29, 0.717) is 23.9 Å². The van der Waals surface area contributed by atoms with Gasteiger partial charge in [0.25, 0.3) is 5.91 Å². The Bertz CT molecular complexity index is 761. The molecule has 0 radical (unpaired) electrons. The van der Waals surface area contributed by atoms with Gasteiger partial charge in [0.05, 0.1) is 0 Å². The zero-order chi connectivity index (χ0) is 18.5. The van der Waals surface area contributed by atoms with E-state index in [2.05, 4.69) is 10.6 Å². The Kier molecular flexibility index (Phi) is 5.83. The minimum atomic E-state index is -0.844. The molecule has 3 rings (SSSR count). The summed E-state index contributed by atoms with van der Waals surface area (Å²) in [5, 5.41) is 6.14. The fourth-order valence-electron chi connectivity index (χ4n) is 2.54. The SMILES string of the molecule is CC(NCc1ccc(F)c(F)c1)c1ccc(OCC(=O)NC2CC2)cc1. The van der Waals surface area contributed by atoms with E-state index in [9.17, 15) is 13.6 Å². The van der Waals surface area contributed by atoms with Crippen LogP contribution in [0.5, 0.6) is 5.75 Å². The van der Waals surface area contributed by atoms with E-state index >= 15 is 0 Å². The number of benzene rings is 2. The van der Waals surface area contributed by atoms with E-state index in [1.54, 1.807) is 6.07 Å². The van der Waals surface area contributed by atoms with Crippen LogP contribution in [0.15, 0.2) is 42.5 Å². The lowest BCUT2D eigenvalue weighted by Crippen LogP contribution is -2.30. The third kappa shape index (κ3) is 5.26. The largest absolute Gasteiger partial charge is 0.484 e. The molecular weight excluding hydrogens is 338 g/mol. The van der Waals surface area contributed by atoms with Gasteiger partial charge in [0.1, 0.15) is 5.75 Å². The first-order valence-electron chi connectivity index (χ1n) is 8.70. The van der Waals surface area contributed by atoms with Crippen LogP contribution in [0.3, 0.4) is 0 Å². The molecule has 1 aliphatic carbocycles. The molecule has 0 aromatic heterocycles. The van der Waals surface area contributed by atoms with Gasteiger partial charge in [-0.05, 0) is 55.2 Å². The molecular formula is C20H22F2N2O2. The second-order valence-electron chi connectivity index (χ2n) is 6.55. The molecule has 0 aliphatic heterocycles. The Morgan fingerprint density at radius 1 is 1.15 bits per heavy atom. The van der Waals surface area contributed by atoms with Crippen LogP contribution >= 0.6 is 0 Å². The first kappa shape index (κ1) is 18.3. The summed E-state index contributed by atoms with van der Waals surface area (Å²) in [5.74, 6) is -1.15. The monoisotopic (exact) mass is 360 g/mol. The lowest BCUT2D eigenvalue weighted by Gasteiger charge is -2.15. The highest BCUT2D eigenvalue weighted by Crippen LogP contribution is 2.20. The summed E-state index contributed by atoms with van der Waals surface area (Å²) >= 11 is 0. The molecule has 138 valence electrons. The van der Waals surface area contributed by atoms with Crippen molar-refractivity contribution in [3.05, 3.63) is 65.2 Å². The normalized spacial score (nSPS) is 14.7. The van der Waals surface area contributed by atoms with Crippen LogP contribution in [-0.4, -0.2) is 18.6 Å².